The zero-order valence-electron chi connectivity index (χ0n) is 18.0. The minimum atomic E-state index is -0.481. The SMILES string of the molecule is C[C@H]1CN(C(=O)OC(C)(C)C)CCN1[C@H]1CNC[C@H](C(=O)OC(C)(C)C)C1. The molecule has 156 valence electrons. The van der Waals surface area contributed by atoms with E-state index in [1.54, 1.807) is 4.90 Å². The first-order valence-corrected chi connectivity index (χ1v) is 10.0. The Morgan fingerprint density at radius 2 is 1.59 bits per heavy atom. The summed E-state index contributed by atoms with van der Waals surface area (Å²) in [7, 11) is 0. The van der Waals surface area contributed by atoms with Crippen LogP contribution in [0.15, 0.2) is 0 Å². The highest BCUT2D eigenvalue weighted by Gasteiger charge is 2.37. The van der Waals surface area contributed by atoms with E-state index in [9.17, 15) is 9.59 Å². The van der Waals surface area contributed by atoms with Gasteiger partial charge in [-0.15, -0.1) is 0 Å². The van der Waals surface area contributed by atoms with Crippen molar-refractivity contribution in [2.45, 2.75) is 78.2 Å². The largest absolute Gasteiger partial charge is 0.460 e. The van der Waals surface area contributed by atoms with Gasteiger partial charge in [0.2, 0.25) is 0 Å². The van der Waals surface area contributed by atoms with Crippen LogP contribution >= 0.6 is 0 Å². The average molecular weight is 384 g/mol. The molecule has 0 aliphatic carbocycles. The molecule has 2 fully saturated rings. The second kappa shape index (κ2) is 8.35. The van der Waals surface area contributed by atoms with Crippen molar-refractivity contribution < 1.29 is 19.1 Å². The predicted octanol–water partition coefficient (Wildman–Crippen LogP) is 2.25. The van der Waals surface area contributed by atoms with Gasteiger partial charge in [-0.2, -0.15) is 0 Å². The Morgan fingerprint density at radius 3 is 2.15 bits per heavy atom. The summed E-state index contributed by atoms with van der Waals surface area (Å²) in [6, 6.07) is 0.488. The molecule has 0 aromatic heterocycles. The number of hydrogen-bond donors (Lipinski definition) is 1. The van der Waals surface area contributed by atoms with Crippen LogP contribution in [0, 0.1) is 5.92 Å². The molecule has 1 N–H and O–H groups in total. The smallest absolute Gasteiger partial charge is 0.410 e. The monoisotopic (exact) mass is 383 g/mol. The Hall–Kier alpha value is -1.34. The Morgan fingerprint density at radius 1 is 0.963 bits per heavy atom. The summed E-state index contributed by atoms with van der Waals surface area (Å²) in [5.74, 6) is -0.251. The topological polar surface area (TPSA) is 71.1 Å². The highest BCUT2D eigenvalue weighted by molar-refractivity contribution is 5.73. The zero-order valence-corrected chi connectivity index (χ0v) is 18.0. The number of hydrogen-bond acceptors (Lipinski definition) is 6. The van der Waals surface area contributed by atoms with Crippen LogP contribution in [0.25, 0.3) is 0 Å². The number of rotatable bonds is 2. The van der Waals surface area contributed by atoms with Gasteiger partial charge in [-0.05, 0) is 54.9 Å². The van der Waals surface area contributed by atoms with E-state index in [0.717, 1.165) is 19.5 Å². The third kappa shape index (κ3) is 6.64. The van der Waals surface area contributed by atoms with E-state index in [0.29, 0.717) is 19.6 Å². The van der Waals surface area contributed by atoms with Crippen LogP contribution in [0.4, 0.5) is 4.79 Å². The Bertz CT molecular complexity index is 538. The van der Waals surface area contributed by atoms with Gasteiger partial charge in [0.05, 0.1) is 5.92 Å². The van der Waals surface area contributed by atoms with E-state index in [1.165, 1.54) is 0 Å². The number of esters is 1. The number of ether oxygens (including phenoxy) is 2. The van der Waals surface area contributed by atoms with Crippen molar-refractivity contribution >= 4 is 12.1 Å². The van der Waals surface area contributed by atoms with Crippen molar-refractivity contribution in [1.29, 1.82) is 0 Å². The second-order valence-electron chi connectivity index (χ2n) is 9.79. The Labute approximate surface area is 163 Å². The molecule has 0 bridgehead atoms. The van der Waals surface area contributed by atoms with Gasteiger partial charge in [-0.3, -0.25) is 9.69 Å². The van der Waals surface area contributed by atoms with Gasteiger partial charge in [-0.25, -0.2) is 4.79 Å². The molecule has 2 aliphatic rings. The molecule has 7 nitrogen and oxygen atoms in total. The molecule has 2 rings (SSSR count). The molecule has 0 unspecified atom stereocenters. The summed E-state index contributed by atoms with van der Waals surface area (Å²) < 4.78 is 11.1. The van der Waals surface area contributed by atoms with Crippen LogP contribution < -0.4 is 5.32 Å². The Balaban J connectivity index is 1.91. The van der Waals surface area contributed by atoms with E-state index in [1.807, 2.05) is 41.5 Å². The van der Waals surface area contributed by atoms with Crippen LogP contribution in [0.3, 0.4) is 0 Å². The lowest BCUT2D eigenvalue weighted by molar-refractivity contribution is -0.161. The molecule has 0 aromatic carbocycles. The van der Waals surface area contributed by atoms with Crippen molar-refractivity contribution in [2.24, 2.45) is 5.92 Å². The van der Waals surface area contributed by atoms with Crippen LogP contribution in [0.5, 0.6) is 0 Å². The molecule has 0 spiro atoms. The van der Waals surface area contributed by atoms with E-state index in [2.05, 4.69) is 17.1 Å². The maximum atomic E-state index is 12.4. The molecule has 1 amide bonds. The maximum absolute atomic E-state index is 12.4. The number of carbonyl (C=O) groups excluding carboxylic acids is 2. The molecule has 3 atom stereocenters. The third-order valence-electron chi connectivity index (χ3n) is 4.87. The van der Waals surface area contributed by atoms with Crippen LogP contribution in [-0.2, 0) is 14.3 Å². The van der Waals surface area contributed by atoms with Gasteiger partial charge in [0.15, 0.2) is 0 Å². The van der Waals surface area contributed by atoms with E-state index < -0.39 is 11.2 Å². The fourth-order valence-electron chi connectivity index (χ4n) is 3.74. The lowest BCUT2D eigenvalue weighted by atomic mass is 9.93. The number of nitrogens with one attached hydrogen (secondary N) is 1. The van der Waals surface area contributed by atoms with Gasteiger partial charge in [0.1, 0.15) is 11.2 Å². The molecule has 27 heavy (non-hydrogen) atoms. The second-order valence-corrected chi connectivity index (χ2v) is 9.79. The summed E-state index contributed by atoms with van der Waals surface area (Å²) >= 11 is 0. The van der Waals surface area contributed by atoms with Gasteiger partial charge in [-0.1, -0.05) is 0 Å². The minimum absolute atomic E-state index is 0.125. The fourth-order valence-corrected chi connectivity index (χ4v) is 3.74. The molecule has 2 saturated heterocycles. The summed E-state index contributed by atoms with van der Waals surface area (Å²) in [6.07, 6.45) is 0.543. The zero-order chi connectivity index (χ0) is 20.4. The van der Waals surface area contributed by atoms with Gasteiger partial charge in [0.25, 0.3) is 0 Å². The third-order valence-corrected chi connectivity index (χ3v) is 4.87. The van der Waals surface area contributed by atoms with Gasteiger partial charge < -0.3 is 19.7 Å². The molecule has 0 aromatic rings. The van der Waals surface area contributed by atoms with E-state index >= 15 is 0 Å². The average Bonchev–Trinajstić information content (AvgIpc) is 2.51. The van der Waals surface area contributed by atoms with Crippen molar-refractivity contribution in [3.05, 3.63) is 0 Å². The number of piperidine rings is 1. The standard InChI is InChI=1S/C20H37N3O4/c1-14-13-22(18(25)27-20(5,6)7)8-9-23(14)16-10-15(11-21-12-16)17(24)26-19(2,3)4/h14-16,21H,8-13H2,1-7H3/t14-,15+,16+/m0/s1. The van der Waals surface area contributed by atoms with Crippen LogP contribution in [0.2, 0.25) is 0 Å². The first kappa shape index (κ1) is 22.0. The first-order valence-electron chi connectivity index (χ1n) is 10.0. The highest BCUT2D eigenvalue weighted by atomic mass is 16.6. The number of piperazine rings is 1. The lowest BCUT2D eigenvalue weighted by Gasteiger charge is -2.46. The molecular weight excluding hydrogens is 346 g/mol. The molecule has 0 radical (unpaired) electrons. The van der Waals surface area contributed by atoms with Crippen molar-refractivity contribution in [2.75, 3.05) is 32.7 Å². The quantitative estimate of drug-likeness (QED) is 0.738. The number of nitrogens with zero attached hydrogens (tertiary/aromatic N) is 2. The lowest BCUT2D eigenvalue weighted by Crippen LogP contribution is -2.61. The molecule has 2 heterocycles. The van der Waals surface area contributed by atoms with Crippen LogP contribution in [-0.4, -0.2) is 77.9 Å². The van der Waals surface area contributed by atoms with E-state index in [-0.39, 0.29) is 30.1 Å². The van der Waals surface area contributed by atoms with Crippen molar-refractivity contribution in [3.8, 4) is 0 Å². The number of amides is 1. The predicted molar refractivity (Wildman–Crippen MR) is 105 cm³/mol. The van der Waals surface area contributed by atoms with Gasteiger partial charge >= 0.3 is 12.1 Å². The summed E-state index contributed by atoms with van der Waals surface area (Å²) in [5.41, 5.74) is -0.943. The van der Waals surface area contributed by atoms with Crippen LogP contribution in [0.1, 0.15) is 54.9 Å². The van der Waals surface area contributed by atoms with Crippen molar-refractivity contribution in [1.82, 2.24) is 15.1 Å². The fraction of sp³-hybridized carbons (Fsp3) is 0.900. The molecule has 0 saturated carbocycles. The summed E-state index contributed by atoms with van der Waals surface area (Å²) in [5, 5.41) is 3.39. The summed E-state index contributed by atoms with van der Waals surface area (Å²) in [6.45, 7) is 17.1. The molecular formula is C20H37N3O4. The van der Waals surface area contributed by atoms with Gasteiger partial charge in [0, 0.05) is 44.8 Å². The molecule has 7 heteroatoms. The number of carbonyl (C=O) groups is 2. The van der Waals surface area contributed by atoms with E-state index in [4.69, 9.17) is 9.47 Å². The first-order chi connectivity index (χ1) is 12.4. The summed E-state index contributed by atoms with van der Waals surface area (Å²) in [4.78, 5) is 29.0. The maximum Gasteiger partial charge on any atom is 0.410 e. The molecule has 2 aliphatic heterocycles. The van der Waals surface area contributed by atoms with Crippen molar-refractivity contribution in [3.63, 3.8) is 0 Å². The highest BCUT2D eigenvalue weighted by Crippen LogP contribution is 2.24. The normalized spacial score (nSPS) is 28.0. The minimum Gasteiger partial charge on any atom is -0.460 e. The Kier molecular flexibility index (Phi) is 6.79.